The highest BCUT2D eigenvalue weighted by Crippen LogP contribution is 2.41. The van der Waals surface area contributed by atoms with Crippen molar-refractivity contribution in [3.05, 3.63) is 40.8 Å². The van der Waals surface area contributed by atoms with Gasteiger partial charge in [-0.3, -0.25) is 9.59 Å². The van der Waals surface area contributed by atoms with Crippen molar-refractivity contribution < 1.29 is 24.2 Å². The first-order valence-electron chi connectivity index (χ1n) is 9.24. The zero-order chi connectivity index (χ0) is 20.3. The first-order chi connectivity index (χ1) is 13.4. The summed E-state index contributed by atoms with van der Waals surface area (Å²) in [6.45, 7) is 1.88. The summed E-state index contributed by atoms with van der Waals surface area (Å²) in [6.07, 6.45) is 2.66. The van der Waals surface area contributed by atoms with E-state index < -0.39 is 23.8 Å². The van der Waals surface area contributed by atoms with Crippen LogP contribution in [0.4, 0.5) is 5.00 Å². The van der Waals surface area contributed by atoms with Crippen molar-refractivity contribution in [2.24, 2.45) is 11.8 Å². The molecule has 6 nitrogen and oxygen atoms in total. The van der Waals surface area contributed by atoms with Crippen molar-refractivity contribution in [2.45, 2.75) is 32.6 Å². The quantitative estimate of drug-likeness (QED) is 0.727. The lowest BCUT2D eigenvalue weighted by Crippen LogP contribution is -2.36. The number of carboxylic acid groups (broad SMARTS) is 1. The number of aryl methyl sites for hydroxylation is 1. The van der Waals surface area contributed by atoms with Crippen LogP contribution in [0.15, 0.2) is 30.3 Å². The van der Waals surface area contributed by atoms with Crippen LogP contribution < -0.4 is 5.32 Å². The number of hydrogen-bond acceptors (Lipinski definition) is 5. The van der Waals surface area contributed by atoms with Crippen molar-refractivity contribution in [2.75, 3.05) is 12.4 Å². The highest BCUT2D eigenvalue weighted by atomic mass is 32.1. The number of anilines is 1. The number of esters is 1. The molecule has 1 heterocycles. The van der Waals surface area contributed by atoms with Gasteiger partial charge in [0.25, 0.3) is 0 Å². The lowest BCUT2D eigenvalue weighted by Gasteiger charge is -2.27. The zero-order valence-corrected chi connectivity index (χ0v) is 16.7. The number of carbonyl (C=O) groups is 3. The van der Waals surface area contributed by atoms with Crippen LogP contribution in [0, 0.1) is 18.8 Å². The van der Waals surface area contributed by atoms with Crippen LogP contribution in [0.5, 0.6) is 0 Å². The van der Waals surface area contributed by atoms with Crippen LogP contribution in [0.3, 0.4) is 0 Å². The highest BCUT2D eigenvalue weighted by Gasteiger charge is 2.36. The van der Waals surface area contributed by atoms with Crippen molar-refractivity contribution in [3.63, 3.8) is 0 Å². The Morgan fingerprint density at radius 1 is 1.11 bits per heavy atom. The average molecular weight is 401 g/mol. The summed E-state index contributed by atoms with van der Waals surface area (Å²) < 4.78 is 4.96. The maximum Gasteiger partial charge on any atom is 0.341 e. The Morgan fingerprint density at radius 3 is 2.36 bits per heavy atom. The normalized spacial score (nSPS) is 19.1. The molecule has 148 valence electrons. The van der Waals surface area contributed by atoms with Gasteiger partial charge in [-0.05, 0) is 25.3 Å². The van der Waals surface area contributed by atoms with E-state index in [4.69, 9.17) is 4.74 Å². The van der Waals surface area contributed by atoms with Gasteiger partial charge in [-0.1, -0.05) is 43.2 Å². The van der Waals surface area contributed by atoms with E-state index in [1.807, 2.05) is 37.3 Å². The van der Waals surface area contributed by atoms with Crippen molar-refractivity contribution in [1.29, 1.82) is 0 Å². The highest BCUT2D eigenvalue weighted by molar-refractivity contribution is 7.17. The molecule has 0 bridgehead atoms. The minimum atomic E-state index is -0.944. The average Bonchev–Trinajstić information content (AvgIpc) is 3.03. The number of thiophene rings is 1. The molecule has 2 N–H and O–H groups in total. The van der Waals surface area contributed by atoms with E-state index in [0.717, 1.165) is 28.8 Å². The van der Waals surface area contributed by atoms with Gasteiger partial charge in [-0.2, -0.15) is 0 Å². The van der Waals surface area contributed by atoms with Crippen LogP contribution in [0.25, 0.3) is 11.1 Å². The summed E-state index contributed by atoms with van der Waals surface area (Å²) in [4.78, 5) is 37.8. The number of methoxy groups -OCH3 is 1. The van der Waals surface area contributed by atoms with E-state index in [9.17, 15) is 19.5 Å². The Kier molecular flexibility index (Phi) is 6.14. The topological polar surface area (TPSA) is 92.7 Å². The predicted octanol–water partition coefficient (Wildman–Crippen LogP) is 4.34. The number of carbonyl (C=O) groups excluding carboxylic acids is 2. The number of rotatable bonds is 5. The van der Waals surface area contributed by atoms with Crippen molar-refractivity contribution in [3.8, 4) is 11.1 Å². The largest absolute Gasteiger partial charge is 0.481 e. The van der Waals surface area contributed by atoms with Gasteiger partial charge < -0.3 is 15.2 Å². The first kappa shape index (κ1) is 20.1. The lowest BCUT2D eigenvalue weighted by molar-refractivity contribution is -0.147. The molecule has 1 fully saturated rings. The Hall–Kier alpha value is -2.67. The fourth-order valence-corrected chi connectivity index (χ4v) is 4.89. The van der Waals surface area contributed by atoms with Gasteiger partial charge in [0.05, 0.1) is 18.9 Å². The van der Waals surface area contributed by atoms with Gasteiger partial charge in [0.15, 0.2) is 0 Å². The van der Waals surface area contributed by atoms with Crippen LogP contribution in [0.2, 0.25) is 0 Å². The number of amides is 1. The van der Waals surface area contributed by atoms with Crippen LogP contribution in [0.1, 0.15) is 40.9 Å². The monoisotopic (exact) mass is 401 g/mol. The molecule has 7 heteroatoms. The second-order valence-electron chi connectivity index (χ2n) is 6.92. The molecular weight excluding hydrogens is 378 g/mol. The van der Waals surface area contributed by atoms with Gasteiger partial charge >= 0.3 is 11.9 Å². The van der Waals surface area contributed by atoms with Crippen LogP contribution in [-0.2, 0) is 14.3 Å². The summed E-state index contributed by atoms with van der Waals surface area (Å²) >= 11 is 1.30. The van der Waals surface area contributed by atoms with Gasteiger partial charge in [0, 0.05) is 10.4 Å². The van der Waals surface area contributed by atoms with E-state index in [2.05, 4.69) is 5.32 Å². The molecule has 1 aromatic heterocycles. The number of aliphatic carboxylic acids is 1. The molecule has 1 aromatic carbocycles. The third-order valence-corrected chi connectivity index (χ3v) is 6.21. The van der Waals surface area contributed by atoms with Crippen molar-refractivity contribution >= 4 is 34.2 Å². The van der Waals surface area contributed by atoms with E-state index in [-0.39, 0.29) is 5.91 Å². The van der Waals surface area contributed by atoms with E-state index in [0.29, 0.717) is 23.4 Å². The SMILES string of the molecule is COC(=O)c1c(NC(=O)[C@H]2CCCC[C@@H]2C(=O)O)sc(C)c1-c1ccccc1. The van der Waals surface area contributed by atoms with Gasteiger partial charge in [-0.15, -0.1) is 11.3 Å². The van der Waals surface area contributed by atoms with Crippen LogP contribution in [-0.4, -0.2) is 30.1 Å². The molecule has 1 amide bonds. The van der Waals surface area contributed by atoms with Gasteiger partial charge in [-0.25, -0.2) is 4.79 Å². The molecule has 0 spiro atoms. The molecule has 28 heavy (non-hydrogen) atoms. The molecule has 2 aromatic rings. The second kappa shape index (κ2) is 8.56. The smallest absolute Gasteiger partial charge is 0.341 e. The second-order valence-corrected chi connectivity index (χ2v) is 8.14. The van der Waals surface area contributed by atoms with E-state index in [1.54, 1.807) is 0 Å². The summed E-state index contributed by atoms with van der Waals surface area (Å²) in [5, 5.41) is 12.7. The maximum atomic E-state index is 12.9. The fraction of sp³-hybridized carbons (Fsp3) is 0.381. The molecule has 1 saturated carbocycles. The standard InChI is InChI=1S/C21H23NO5S/c1-12-16(13-8-4-3-5-9-13)17(21(26)27-2)19(28-12)22-18(23)14-10-6-7-11-15(14)20(24)25/h3-5,8-9,14-15H,6-7,10-11H2,1-2H3,(H,22,23)(H,24,25)/t14-,15-/m0/s1. The Bertz CT molecular complexity index is 890. The molecule has 3 rings (SSSR count). The number of benzene rings is 1. The molecule has 2 atom stereocenters. The summed E-state index contributed by atoms with van der Waals surface area (Å²) in [5.74, 6) is -3.11. The Balaban J connectivity index is 1.97. The minimum absolute atomic E-state index is 0.312. The molecule has 0 radical (unpaired) electrons. The van der Waals surface area contributed by atoms with Gasteiger partial charge in [0.1, 0.15) is 10.6 Å². The Labute approximate surface area is 167 Å². The number of carboxylic acids is 1. The van der Waals surface area contributed by atoms with Crippen molar-refractivity contribution in [1.82, 2.24) is 0 Å². The third kappa shape index (κ3) is 3.94. The third-order valence-electron chi connectivity index (χ3n) is 5.19. The van der Waals surface area contributed by atoms with E-state index in [1.165, 1.54) is 18.4 Å². The van der Waals surface area contributed by atoms with E-state index >= 15 is 0 Å². The predicted molar refractivity (Wildman–Crippen MR) is 108 cm³/mol. The van der Waals surface area contributed by atoms with Crippen LogP contribution >= 0.6 is 11.3 Å². The minimum Gasteiger partial charge on any atom is -0.481 e. The number of ether oxygens (including phenoxy) is 1. The summed E-state index contributed by atoms with van der Waals surface area (Å²) in [6, 6.07) is 9.45. The zero-order valence-electron chi connectivity index (χ0n) is 15.9. The molecular formula is C21H23NO5S. The molecule has 0 aliphatic heterocycles. The molecule has 0 saturated heterocycles. The number of nitrogens with one attached hydrogen (secondary N) is 1. The lowest BCUT2D eigenvalue weighted by atomic mass is 9.78. The molecule has 1 aliphatic carbocycles. The molecule has 0 unspecified atom stereocenters. The fourth-order valence-electron chi connectivity index (χ4n) is 3.83. The first-order valence-corrected chi connectivity index (χ1v) is 10.1. The Morgan fingerprint density at radius 2 is 1.75 bits per heavy atom. The maximum absolute atomic E-state index is 12.9. The van der Waals surface area contributed by atoms with Gasteiger partial charge in [0.2, 0.25) is 5.91 Å². The molecule has 1 aliphatic rings. The number of hydrogen-bond donors (Lipinski definition) is 2. The summed E-state index contributed by atoms with van der Waals surface area (Å²) in [7, 11) is 1.30. The summed E-state index contributed by atoms with van der Waals surface area (Å²) in [5.41, 5.74) is 1.90.